The monoisotopic (exact) mass is 296 g/mol. The van der Waals surface area contributed by atoms with Crippen LogP contribution in [-0.4, -0.2) is 17.0 Å². The highest BCUT2D eigenvalue weighted by molar-refractivity contribution is 5.92. The topological polar surface area (TPSA) is 99.4 Å². The molecule has 2 rings (SSSR count). The van der Waals surface area contributed by atoms with Crippen LogP contribution in [-0.2, 0) is 4.79 Å². The highest BCUT2D eigenvalue weighted by Crippen LogP contribution is 2.26. The summed E-state index contributed by atoms with van der Waals surface area (Å²) in [6.07, 6.45) is -0.218. The molecule has 2 aromatic rings. The Morgan fingerprint density at radius 1 is 1.14 bits per heavy atom. The first-order chi connectivity index (χ1) is 10.6. The number of nitrogens with zero attached hydrogens (tertiary/aromatic N) is 1. The molecule has 22 heavy (non-hydrogen) atoms. The van der Waals surface area contributed by atoms with E-state index in [1.807, 2.05) is 0 Å². The molecular weight excluding hydrogens is 284 g/mol. The van der Waals surface area contributed by atoms with Crippen LogP contribution < -0.4 is 10.1 Å². The Kier molecular flexibility index (Phi) is 4.73. The summed E-state index contributed by atoms with van der Waals surface area (Å²) in [4.78, 5) is 22.4. The van der Waals surface area contributed by atoms with Crippen molar-refractivity contribution in [3.63, 3.8) is 0 Å². The normalized spacial score (nSPS) is 9.59. The van der Waals surface area contributed by atoms with E-state index in [1.165, 1.54) is 6.07 Å². The van der Waals surface area contributed by atoms with Crippen molar-refractivity contribution < 1.29 is 19.4 Å². The predicted octanol–water partition coefficient (Wildman–Crippen LogP) is 3.03. The predicted molar refractivity (Wildman–Crippen MR) is 78.8 cm³/mol. The third-order valence-corrected chi connectivity index (χ3v) is 2.72. The van der Waals surface area contributed by atoms with E-state index in [2.05, 4.69) is 5.32 Å². The summed E-state index contributed by atoms with van der Waals surface area (Å²) in [6, 6.07) is 14.5. The molecule has 0 saturated heterocycles. The van der Waals surface area contributed by atoms with Gasteiger partial charge in [-0.15, -0.1) is 0 Å². The maximum atomic E-state index is 11.3. The molecule has 6 heteroatoms. The van der Waals surface area contributed by atoms with E-state index in [0.29, 0.717) is 11.4 Å². The van der Waals surface area contributed by atoms with Crippen molar-refractivity contribution in [2.45, 2.75) is 6.42 Å². The summed E-state index contributed by atoms with van der Waals surface area (Å²) in [7, 11) is 0. The van der Waals surface area contributed by atoms with Crippen LogP contribution in [0.1, 0.15) is 16.8 Å². The summed E-state index contributed by atoms with van der Waals surface area (Å²) in [6.45, 7) is 0. The van der Waals surface area contributed by atoms with Gasteiger partial charge < -0.3 is 15.2 Å². The van der Waals surface area contributed by atoms with E-state index in [4.69, 9.17) is 15.1 Å². The van der Waals surface area contributed by atoms with Crippen molar-refractivity contribution >= 4 is 17.6 Å². The van der Waals surface area contributed by atoms with Crippen LogP contribution in [0, 0.1) is 11.3 Å². The first-order valence-electron chi connectivity index (χ1n) is 6.37. The zero-order chi connectivity index (χ0) is 15.9. The number of hydrogen-bond acceptors (Lipinski definition) is 4. The number of carboxylic acids is 1. The molecule has 6 nitrogen and oxygen atoms in total. The zero-order valence-corrected chi connectivity index (χ0v) is 11.4. The fraction of sp³-hybridized carbons (Fsp3) is 0.0625. The third-order valence-electron chi connectivity index (χ3n) is 2.72. The first kappa shape index (κ1) is 15.1. The minimum absolute atomic E-state index is 0.0638. The molecule has 0 aromatic heterocycles. The molecule has 2 aromatic carbocycles. The minimum Gasteiger partial charge on any atom is -0.478 e. The molecule has 0 saturated carbocycles. The smallest absolute Gasteiger partial charge is 0.339 e. The minimum atomic E-state index is -1.07. The number of nitriles is 1. The van der Waals surface area contributed by atoms with Gasteiger partial charge in [-0.05, 0) is 36.4 Å². The molecule has 0 fully saturated rings. The van der Waals surface area contributed by atoms with Crippen LogP contribution in [0.2, 0.25) is 0 Å². The summed E-state index contributed by atoms with van der Waals surface area (Å²) in [5, 5.41) is 20.1. The lowest BCUT2D eigenvalue weighted by Crippen LogP contribution is -2.09. The summed E-state index contributed by atoms with van der Waals surface area (Å²) >= 11 is 0. The number of aromatic carboxylic acids is 1. The Labute approximate surface area is 126 Å². The molecule has 0 aliphatic heterocycles. The quantitative estimate of drug-likeness (QED) is 0.883. The third kappa shape index (κ3) is 3.84. The van der Waals surface area contributed by atoms with Gasteiger partial charge in [0.25, 0.3) is 0 Å². The second-order valence-electron chi connectivity index (χ2n) is 4.31. The van der Waals surface area contributed by atoms with Crippen molar-refractivity contribution in [2.24, 2.45) is 0 Å². The van der Waals surface area contributed by atoms with E-state index in [9.17, 15) is 9.59 Å². The van der Waals surface area contributed by atoms with Crippen molar-refractivity contribution in [3.8, 4) is 17.6 Å². The van der Waals surface area contributed by atoms with Gasteiger partial charge in [-0.25, -0.2) is 4.79 Å². The molecule has 0 unspecified atom stereocenters. The SMILES string of the molecule is N#CCC(=O)Nc1ccc(Oc2ccccc2C(=O)O)cc1. The van der Waals surface area contributed by atoms with E-state index < -0.39 is 11.9 Å². The maximum absolute atomic E-state index is 11.3. The fourth-order valence-electron chi connectivity index (χ4n) is 1.74. The summed E-state index contributed by atoms with van der Waals surface area (Å²) in [5.74, 6) is -0.799. The molecule has 0 atom stereocenters. The lowest BCUT2D eigenvalue weighted by molar-refractivity contribution is -0.115. The fourth-order valence-corrected chi connectivity index (χ4v) is 1.74. The van der Waals surface area contributed by atoms with Gasteiger partial charge >= 0.3 is 5.97 Å². The van der Waals surface area contributed by atoms with Crippen LogP contribution >= 0.6 is 0 Å². The Morgan fingerprint density at radius 2 is 1.82 bits per heavy atom. The van der Waals surface area contributed by atoms with E-state index in [0.717, 1.165) is 0 Å². The number of benzene rings is 2. The Morgan fingerprint density at radius 3 is 2.45 bits per heavy atom. The van der Waals surface area contributed by atoms with Gasteiger partial charge in [-0.3, -0.25) is 4.79 Å². The van der Waals surface area contributed by atoms with E-state index in [-0.39, 0.29) is 17.7 Å². The maximum Gasteiger partial charge on any atom is 0.339 e. The number of hydrogen-bond donors (Lipinski definition) is 2. The molecule has 0 aliphatic carbocycles. The zero-order valence-electron chi connectivity index (χ0n) is 11.4. The number of amides is 1. The van der Waals surface area contributed by atoms with Gasteiger partial charge in [0.15, 0.2) is 0 Å². The molecular formula is C16H12N2O4. The summed E-state index contributed by atoms with van der Waals surface area (Å²) in [5.41, 5.74) is 0.591. The van der Waals surface area contributed by atoms with Gasteiger partial charge in [0.2, 0.25) is 5.91 Å². The highest BCUT2D eigenvalue weighted by Gasteiger charge is 2.11. The number of rotatable bonds is 5. The van der Waals surface area contributed by atoms with Crippen molar-refractivity contribution in [3.05, 3.63) is 54.1 Å². The van der Waals surface area contributed by atoms with Gasteiger partial charge in [0.1, 0.15) is 23.5 Å². The number of carbonyl (C=O) groups is 2. The standard InChI is InChI=1S/C16H12N2O4/c17-10-9-15(19)18-11-5-7-12(8-6-11)22-14-4-2-1-3-13(14)16(20)21/h1-8H,9H2,(H,18,19)(H,20,21). The molecule has 2 N–H and O–H groups in total. The number of nitrogens with one attached hydrogen (secondary N) is 1. The number of para-hydroxylation sites is 1. The van der Waals surface area contributed by atoms with Crippen LogP contribution in [0.25, 0.3) is 0 Å². The molecule has 110 valence electrons. The second-order valence-corrected chi connectivity index (χ2v) is 4.31. The molecule has 0 heterocycles. The largest absolute Gasteiger partial charge is 0.478 e. The lowest BCUT2D eigenvalue weighted by atomic mass is 10.2. The molecule has 0 spiro atoms. The van der Waals surface area contributed by atoms with Gasteiger partial charge in [-0.2, -0.15) is 5.26 Å². The van der Waals surface area contributed by atoms with Crippen LogP contribution in [0.3, 0.4) is 0 Å². The summed E-state index contributed by atoms with van der Waals surface area (Å²) < 4.78 is 5.53. The molecule has 0 aliphatic rings. The Bertz CT molecular complexity index is 733. The second kappa shape index (κ2) is 6.90. The lowest BCUT2D eigenvalue weighted by Gasteiger charge is -2.09. The van der Waals surface area contributed by atoms with Crippen molar-refractivity contribution in [2.75, 3.05) is 5.32 Å². The Balaban J connectivity index is 2.11. The number of ether oxygens (including phenoxy) is 1. The number of carbonyl (C=O) groups excluding carboxylic acids is 1. The average Bonchev–Trinajstić information content (AvgIpc) is 2.50. The Hall–Kier alpha value is -3.33. The van der Waals surface area contributed by atoms with Gasteiger partial charge in [0.05, 0.1) is 6.07 Å². The average molecular weight is 296 g/mol. The van der Waals surface area contributed by atoms with E-state index >= 15 is 0 Å². The number of anilines is 1. The van der Waals surface area contributed by atoms with Crippen LogP contribution in [0.5, 0.6) is 11.5 Å². The molecule has 0 radical (unpaired) electrons. The van der Waals surface area contributed by atoms with Crippen LogP contribution in [0.15, 0.2) is 48.5 Å². The van der Waals surface area contributed by atoms with Crippen LogP contribution in [0.4, 0.5) is 5.69 Å². The number of carboxylic acid groups (broad SMARTS) is 1. The van der Waals surface area contributed by atoms with Crippen molar-refractivity contribution in [1.82, 2.24) is 0 Å². The van der Waals surface area contributed by atoms with Gasteiger partial charge in [-0.1, -0.05) is 12.1 Å². The van der Waals surface area contributed by atoms with Crippen molar-refractivity contribution in [1.29, 1.82) is 5.26 Å². The highest BCUT2D eigenvalue weighted by atomic mass is 16.5. The van der Waals surface area contributed by atoms with Gasteiger partial charge in [0, 0.05) is 5.69 Å². The van der Waals surface area contributed by atoms with E-state index in [1.54, 1.807) is 48.5 Å². The first-order valence-corrected chi connectivity index (χ1v) is 6.37. The molecule has 1 amide bonds. The molecule has 0 bridgehead atoms.